The molecule has 0 aliphatic heterocycles. The van der Waals surface area contributed by atoms with Crippen molar-refractivity contribution >= 4 is 11.8 Å². The van der Waals surface area contributed by atoms with Gasteiger partial charge in [0.15, 0.2) is 0 Å². The Hall–Kier alpha value is -2.62. The molecule has 0 radical (unpaired) electrons. The number of carbonyl (C=O) groups excluding carboxylic acids is 2. The Morgan fingerprint density at radius 3 is 2.36 bits per heavy atom. The van der Waals surface area contributed by atoms with E-state index in [0.717, 1.165) is 35.1 Å². The minimum Gasteiger partial charge on any atom is -0.354 e. The van der Waals surface area contributed by atoms with E-state index in [4.69, 9.17) is 0 Å². The van der Waals surface area contributed by atoms with Gasteiger partial charge in [-0.1, -0.05) is 73.0 Å². The summed E-state index contributed by atoms with van der Waals surface area (Å²) in [5.41, 5.74) is 4.30. The Morgan fingerprint density at radius 2 is 1.71 bits per heavy atom. The number of amides is 2. The van der Waals surface area contributed by atoms with Crippen molar-refractivity contribution in [3.05, 3.63) is 70.8 Å². The largest absolute Gasteiger partial charge is 0.354 e. The average molecular weight is 381 g/mol. The normalized spacial score (nSPS) is 11.7. The summed E-state index contributed by atoms with van der Waals surface area (Å²) in [6.45, 7) is 9.02. The molecule has 0 saturated carbocycles. The maximum absolute atomic E-state index is 13.1. The van der Waals surface area contributed by atoms with Crippen LogP contribution >= 0.6 is 0 Å². The van der Waals surface area contributed by atoms with Crippen LogP contribution in [0, 0.1) is 13.8 Å². The van der Waals surface area contributed by atoms with Crippen LogP contribution in [0.3, 0.4) is 0 Å². The molecular weight excluding hydrogens is 348 g/mol. The standard InChI is InChI=1S/C24H32N2O2/c1-5-6-14-25-24(28)20(4)26(17-22-9-7-8-19(3)15-22)23(27)16-21-12-10-18(2)11-13-21/h7-13,15,20H,5-6,14,16-17H2,1-4H3,(H,25,28). The van der Waals surface area contributed by atoms with E-state index in [2.05, 4.69) is 18.3 Å². The zero-order valence-electron chi connectivity index (χ0n) is 17.5. The maximum atomic E-state index is 13.1. The third-order valence-electron chi connectivity index (χ3n) is 4.91. The van der Waals surface area contributed by atoms with Gasteiger partial charge in [0.05, 0.1) is 6.42 Å². The SMILES string of the molecule is CCCCNC(=O)C(C)N(Cc1cccc(C)c1)C(=O)Cc1ccc(C)cc1. The summed E-state index contributed by atoms with van der Waals surface area (Å²) >= 11 is 0. The molecule has 150 valence electrons. The summed E-state index contributed by atoms with van der Waals surface area (Å²) in [4.78, 5) is 27.4. The molecule has 1 unspecified atom stereocenters. The number of rotatable bonds is 9. The first kappa shape index (κ1) is 21.7. The number of carbonyl (C=O) groups is 2. The first-order valence-electron chi connectivity index (χ1n) is 10.1. The molecule has 4 heteroatoms. The van der Waals surface area contributed by atoms with E-state index < -0.39 is 6.04 Å². The van der Waals surface area contributed by atoms with Gasteiger partial charge in [0.2, 0.25) is 11.8 Å². The Bertz CT molecular complexity index is 783. The highest BCUT2D eigenvalue weighted by molar-refractivity contribution is 5.88. The Balaban J connectivity index is 2.17. The molecular formula is C24H32N2O2. The second-order valence-electron chi connectivity index (χ2n) is 7.49. The third-order valence-corrected chi connectivity index (χ3v) is 4.91. The Labute approximate surface area is 169 Å². The van der Waals surface area contributed by atoms with Gasteiger partial charge in [-0.25, -0.2) is 0 Å². The number of benzene rings is 2. The lowest BCUT2D eigenvalue weighted by atomic mass is 10.1. The van der Waals surface area contributed by atoms with Crippen molar-refractivity contribution in [3.8, 4) is 0 Å². The molecule has 0 aliphatic carbocycles. The molecule has 2 rings (SSSR count). The molecule has 1 atom stereocenters. The van der Waals surface area contributed by atoms with Crippen molar-refractivity contribution < 1.29 is 9.59 Å². The zero-order chi connectivity index (χ0) is 20.5. The second kappa shape index (κ2) is 10.6. The smallest absolute Gasteiger partial charge is 0.242 e. The lowest BCUT2D eigenvalue weighted by Crippen LogP contribution is -2.48. The van der Waals surface area contributed by atoms with Crippen molar-refractivity contribution in [1.29, 1.82) is 0 Å². The van der Waals surface area contributed by atoms with Gasteiger partial charge in [-0.2, -0.15) is 0 Å². The van der Waals surface area contributed by atoms with Crippen LogP contribution in [0.1, 0.15) is 48.9 Å². The summed E-state index contributed by atoms with van der Waals surface area (Å²) in [5.74, 6) is -0.137. The van der Waals surface area contributed by atoms with E-state index in [9.17, 15) is 9.59 Å². The third kappa shape index (κ3) is 6.52. The molecule has 28 heavy (non-hydrogen) atoms. The fraction of sp³-hybridized carbons (Fsp3) is 0.417. The molecule has 0 spiro atoms. The molecule has 0 saturated heterocycles. The molecule has 0 fully saturated rings. The van der Waals surface area contributed by atoms with E-state index >= 15 is 0 Å². The molecule has 0 bridgehead atoms. The van der Waals surface area contributed by atoms with E-state index in [1.807, 2.05) is 63.2 Å². The highest BCUT2D eigenvalue weighted by Crippen LogP contribution is 2.14. The second-order valence-corrected chi connectivity index (χ2v) is 7.49. The summed E-state index contributed by atoms with van der Waals surface area (Å²) in [6.07, 6.45) is 2.25. The van der Waals surface area contributed by atoms with Gasteiger partial charge in [0.25, 0.3) is 0 Å². The van der Waals surface area contributed by atoms with Gasteiger partial charge in [-0.05, 0) is 38.3 Å². The fourth-order valence-electron chi connectivity index (χ4n) is 3.11. The van der Waals surface area contributed by atoms with Crippen LogP contribution in [0.2, 0.25) is 0 Å². The van der Waals surface area contributed by atoms with Crippen LogP contribution in [-0.4, -0.2) is 29.3 Å². The van der Waals surface area contributed by atoms with E-state index in [0.29, 0.717) is 19.5 Å². The molecule has 4 nitrogen and oxygen atoms in total. The van der Waals surface area contributed by atoms with Gasteiger partial charge in [-0.3, -0.25) is 9.59 Å². The molecule has 0 heterocycles. The van der Waals surface area contributed by atoms with Gasteiger partial charge < -0.3 is 10.2 Å². The topological polar surface area (TPSA) is 49.4 Å². The van der Waals surface area contributed by atoms with Gasteiger partial charge in [0, 0.05) is 13.1 Å². The van der Waals surface area contributed by atoms with Crippen LogP contribution in [0.4, 0.5) is 0 Å². The number of hydrogen-bond acceptors (Lipinski definition) is 2. The van der Waals surface area contributed by atoms with Crippen molar-refractivity contribution in [3.63, 3.8) is 0 Å². The van der Waals surface area contributed by atoms with Crippen LogP contribution in [0.25, 0.3) is 0 Å². The van der Waals surface area contributed by atoms with E-state index in [1.165, 1.54) is 0 Å². The zero-order valence-corrected chi connectivity index (χ0v) is 17.5. The van der Waals surface area contributed by atoms with Crippen molar-refractivity contribution in [2.45, 2.75) is 59.5 Å². The van der Waals surface area contributed by atoms with Crippen LogP contribution < -0.4 is 5.32 Å². The molecule has 2 aromatic carbocycles. The van der Waals surface area contributed by atoms with E-state index in [-0.39, 0.29) is 11.8 Å². The molecule has 1 N–H and O–H groups in total. The van der Waals surface area contributed by atoms with Crippen molar-refractivity contribution in [2.75, 3.05) is 6.54 Å². The monoisotopic (exact) mass is 380 g/mol. The summed E-state index contributed by atoms with van der Waals surface area (Å²) in [6, 6.07) is 15.5. The minimum absolute atomic E-state index is 0.0384. The van der Waals surface area contributed by atoms with Crippen LogP contribution in [0.5, 0.6) is 0 Å². The number of nitrogens with one attached hydrogen (secondary N) is 1. The summed E-state index contributed by atoms with van der Waals surface area (Å²) < 4.78 is 0. The van der Waals surface area contributed by atoms with E-state index in [1.54, 1.807) is 4.90 Å². The number of nitrogens with zero attached hydrogens (tertiary/aromatic N) is 1. The number of aryl methyl sites for hydroxylation is 2. The predicted octanol–water partition coefficient (Wildman–Crippen LogP) is 4.18. The number of hydrogen-bond donors (Lipinski definition) is 1. The Morgan fingerprint density at radius 1 is 1.00 bits per heavy atom. The quantitative estimate of drug-likeness (QED) is 0.664. The number of unbranched alkanes of at least 4 members (excludes halogenated alkanes) is 1. The van der Waals surface area contributed by atoms with Crippen LogP contribution in [-0.2, 0) is 22.6 Å². The highest BCUT2D eigenvalue weighted by atomic mass is 16.2. The maximum Gasteiger partial charge on any atom is 0.242 e. The molecule has 2 aromatic rings. The predicted molar refractivity (Wildman–Crippen MR) is 114 cm³/mol. The lowest BCUT2D eigenvalue weighted by molar-refractivity contribution is -0.140. The molecule has 0 aliphatic rings. The first-order chi connectivity index (χ1) is 13.4. The van der Waals surface area contributed by atoms with Crippen molar-refractivity contribution in [1.82, 2.24) is 10.2 Å². The first-order valence-corrected chi connectivity index (χ1v) is 10.1. The van der Waals surface area contributed by atoms with Crippen LogP contribution in [0.15, 0.2) is 48.5 Å². The highest BCUT2D eigenvalue weighted by Gasteiger charge is 2.26. The van der Waals surface area contributed by atoms with Gasteiger partial charge in [0.1, 0.15) is 6.04 Å². The lowest BCUT2D eigenvalue weighted by Gasteiger charge is -2.29. The molecule has 2 amide bonds. The van der Waals surface area contributed by atoms with Gasteiger partial charge >= 0.3 is 0 Å². The molecule has 0 aromatic heterocycles. The minimum atomic E-state index is -0.518. The summed E-state index contributed by atoms with van der Waals surface area (Å²) in [7, 11) is 0. The van der Waals surface area contributed by atoms with Gasteiger partial charge in [-0.15, -0.1) is 0 Å². The summed E-state index contributed by atoms with van der Waals surface area (Å²) in [5, 5.41) is 2.95. The van der Waals surface area contributed by atoms with Crippen molar-refractivity contribution in [2.24, 2.45) is 0 Å². The fourth-order valence-corrected chi connectivity index (χ4v) is 3.11. The Kier molecular flexibility index (Phi) is 8.24. The average Bonchev–Trinajstić information content (AvgIpc) is 2.67.